The Kier molecular flexibility index (Phi) is 4.67. The largest absolute Gasteiger partial charge is 0.312 e. The highest BCUT2D eigenvalue weighted by atomic mass is 16.2. The highest BCUT2D eigenvalue weighted by molar-refractivity contribution is 5.94. The maximum Gasteiger partial charge on any atom is 0.271 e. The van der Waals surface area contributed by atoms with Gasteiger partial charge in [-0.05, 0) is 37.8 Å². The molecule has 1 heterocycles. The summed E-state index contributed by atoms with van der Waals surface area (Å²) in [5.74, 6) is 5.08. The maximum atomic E-state index is 12.3. The van der Waals surface area contributed by atoms with E-state index in [0.29, 0.717) is 18.0 Å². The van der Waals surface area contributed by atoms with Crippen molar-refractivity contribution in [2.75, 3.05) is 0 Å². The predicted molar refractivity (Wildman–Crippen MR) is 71.3 cm³/mol. The summed E-state index contributed by atoms with van der Waals surface area (Å²) in [4.78, 5) is 23.9. The first-order chi connectivity index (χ1) is 8.38. The van der Waals surface area contributed by atoms with Crippen molar-refractivity contribution >= 4 is 5.91 Å². The summed E-state index contributed by atoms with van der Waals surface area (Å²) in [6.07, 6.45) is 0.896. The van der Waals surface area contributed by atoms with Gasteiger partial charge in [0.25, 0.3) is 11.5 Å². The lowest BCUT2D eigenvalue weighted by Crippen LogP contribution is -2.38. The Bertz CT molecular complexity index is 504. The number of nitrogens with zero attached hydrogens (tertiary/aromatic N) is 1. The van der Waals surface area contributed by atoms with Crippen molar-refractivity contribution < 1.29 is 4.79 Å². The van der Waals surface area contributed by atoms with Gasteiger partial charge in [-0.25, -0.2) is 5.84 Å². The number of hydrogen-bond donors (Lipinski definition) is 2. The summed E-state index contributed by atoms with van der Waals surface area (Å²) < 4.78 is 1.64. The molecule has 0 aliphatic carbocycles. The minimum Gasteiger partial charge on any atom is -0.312 e. The van der Waals surface area contributed by atoms with Crippen LogP contribution in [0.1, 0.15) is 41.9 Å². The van der Waals surface area contributed by atoms with Gasteiger partial charge in [0.05, 0.1) is 0 Å². The Morgan fingerprint density at radius 3 is 2.56 bits per heavy atom. The number of hydrogen-bond acceptors (Lipinski definition) is 3. The van der Waals surface area contributed by atoms with E-state index in [9.17, 15) is 9.59 Å². The molecule has 3 N–H and O–H groups in total. The minimum absolute atomic E-state index is 0.131. The molecular formula is C13H21N3O2. The molecule has 0 saturated heterocycles. The lowest BCUT2D eigenvalue weighted by Gasteiger charge is -2.14. The van der Waals surface area contributed by atoms with Crippen molar-refractivity contribution in [1.82, 2.24) is 9.99 Å². The number of carbonyl (C=O) groups excluding carboxylic acids is 1. The number of rotatable bonds is 4. The minimum atomic E-state index is -0.532. The first-order valence-corrected chi connectivity index (χ1v) is 6.10. The molecule has 0 aliphatic heterocycles. The van der Waals surface area contributed by atoms with Gasteiger partial charge < -0.3 is 4.57 Å². The zero-order valence-corrected chi connectivity index (χ0v) is 11.4. The Labute approximate surface area is 107 Å². The third-order valence-electron chi connectivity index (χ3n) is 2.99. The third kappa shape index (κ3) is 2.98. The number of hydrazine groups is 1. The monoisotopic (exact) mass is 251 g/mol. The molecule has 0 atom stereocenters. The summed E-state index contributed by atoms with van der Waals surface area (Å²) in [6.45, 7) is 8.43. The molecule has 1 aromatic rings. The zero-order chi connectivity index (χ0) is 13.9. The standard InChI is InChI=1S/C13H21N3O2/c1-8(2)5-6-16-10(4)7-9(3)11(13(16)18)12(17)15-14/h7-8H,5-6,14H2,1-4H3,(H,15,17). The molecule has 1 amide bonds. The van der Waals surface area contributed by atoms with Crippen LogP contribution in [0.2, 0.25) is 0 Å². The van der Waals surface area contributed by atoms with Gasteiger partial charge in [0, 0.05) is 12.2 Å². The number of nitrogen functional groups attached to an aromatic ring is 1. The van der Waals surface area contributed by atoms with Crippen LogP contribution >= 0.6 is 0 Å². The topological polar surface area (TPSA) is 77.1 Å². The number of pyridine rings is 1. The van der Waals surface area contributed by atoms with Crippen LogP contribution in [0.15, 0.2) is 10.9 Å². The number of nitrogens with one attached hydrogen (secondary N) is 1. The second-order valence-corrected chi connectivity index (χ2v) is 4.96. The van der Waals surface area contributed by atoms with E-state index >= 15 is 0 Å². The van der Waals surface area contributed by atoms with E-state index in [4.69, 9.17) is 5.84 Å². The van der Waals surface area contributed by atoms with E-state index in [1.54, 1.807) is 11.5 Å². The van der Waals surface area contributed by atoms with E-state index in [1.165, 1.54) is 0 Å². The van der Waals surface area contributed by atoms with Crippen molar-refractivity contribution in [2.45, 2.75) is 40.7 Å². The van der Waals surface area contributed by atoms with Gasteiger partial charge in [0.15, 0.2) is 0 Å². The first-order valence-electron chi connectivity index (χ1n) is 6.10. The van der Waals surface area contributed by atoms with E-state index in [-0.39, 0.29) is 11.1 Å². The van der Waals surface area contributed by atoms with Gasteiger partial charge in [0.2, 0.25) is 0 Å². The summed E-state index contributed by atoms with van der Waals surface area (Å²) in [7, 11) is 0. The number of aryl methyl sites for hydroxylation is 2. The molecule has 0 unspecified atom stereocenters. The fourth-order valence-corrected chi connectivity index (χ4v) is 1.94. The summed E-state index contributed by atoms with van der Waals surface area (Å²) in [5, 5.41) is 0. The van der Waals surface area contributed by atoms with Gasteiger partial charge in [-0.2, -0.15) is 0 Å². The molecule has 5 nitrogen and oxygen atoms in total. The smallest absolute Gasteiger partial charge is 0.271 e. The second kappa shape index (κ2) is 5.82. The van der Waals surface area contributed by atoms with Crippen molar-refractivity contribution in [3.05, 3.63) is 33.2 Å². The van der Waals surface area contributed by atoms with Crippen LogP contribution in [0.5, 0.6) is 0 Å². The number of amides is 1. The molecule has 0 spiro atoms. The summed E-state index contributed by atoms with van der Waals surface area (Å²) >= 11 is 0. The molecular weight excluding hydrogens is 230 g/mol. The molecule has 0 saturated carbocycles. The van der Waals surface area contributed by atoms with Gasteiger partial charge >= 0.3 is 0 Å². The Hall–Kier alpha value is -1.62. The molecule has 100 valence electrons. The van der Waals surface area contributed by atoms with Crippen LogP contribution in [0.25, 0.3) is 0 Å². The quantitative estimate of drug-likeness (QED) is 0.478. The highest BCUT2D eigenvalue weighted by Crippen LogP contribution is 2.09. The zero-order valence-electron chi connectivity index (χ0n) is 11.4. The maximum absolute atomic E-state index is 12.3. The first kappa shape index (κ1) is 14.4. The van der Waals surface area contributed by atoms with E-state index in [0.717, 1.165) is 12.1 Å². The van der Waals surface area contributed by atoms with Gasteiger partial charge in [-0.3, -0.25) is 15.0 Å². The van der Waals surface area contributed by atoms with Crippen LogP contribution in [0.3, 0.4) is 0 Å². The molecule has 0 aliphatic rings. The van der Waals surface area contributed by atoms with Crippen molar-refractivity contribution in [2.24, 2.45) is 11.8 Å². The second-order valence-electron chi connectivity index (χ2n) is 4.96. The molecule has 5 heteroatoms. The van der Waals surface area contributed by atoms with Crippen LogP contribution < -0.4 is 16.8 Å². The molecule has 1 aromatic heterocycles. The lowest BCUT2D eigenvalue weighted by atomic mass is 10.1. The number of carbonyl (C=O) groups is 1. The Morgan fingerprint density at radius 2 is 2.06 bits per heavy atom. The average Bonchev–Trinajstić information content (AvgIpc) is 2.27. The summed E-state index contributed by atoms with van der Waals surface area (Å²) in [5.41, 5.74) is 3.41. The lowest BCUT2D eigenvalue weighted by molar-refractivity contribution is 0.0951. The molecule has 18 heavy (non-hydrogen) atoms. The van der Waals surface area contributed by atoms with Crippen molar-refractivity contribution in [1.29, 1.82) is 0 Å². The van der Waals surface area contributed by atoms with Crippen LogP contribution in [0, 0.1) is 19.8 Å². The van der Waals surface area contributed by atoms with Gasteiger partial charge in [0.1, 0.15) is 5.56 Å². The molecule has 0 aromatic carbocycles. The Morgan fingerprint density at radius 1 is 1.44 bits per heavy atom. The van der Waals surface area contributed by atoms with Crippen LogP contribution in [-0.4, -0.2) is 10.5 Å². The number of aromatic nitrogens is 1. The molecule has 0 fully saturated rings. The van der Waals surface area contributed by atoms with E-state index < -0.39 is 5.91 Å². The van der Waals surface area contributed by atoms with E-state index in [1.807, 2.05) is 18.4 Å². The number of nitrogens with two attached hydrogens (primary N) is 1. The van der Waals surface area contributed by atoms with Crippen LogP contribution in [-0.2, 0) is 6.54 Å². The molecule has 0 bridgehead atoms. The fourth-order valence-electron chi connectivity index (χ4n) is 1.94. The summed E-state index contributed by atoms with van der Waals surface area (Å²) in [6, 6.07) is 1.84. The average molecular weight is 251 g/mol. The normalized spacial score (nSPS) is 10.8. The third-order valence-corrected chi connectivity index (χ3v) is 2.99. The molecule has 0 radical (unpaired) electrons. The SMILES string of the molecule is Cc1cc(C)n(CCC(C)C)c(=O)c1C(=O)NN. The van der Waals surface area contributed by atoms with Gasteiger partial charge in [-0.15, -0.1) is 0 Å². The van der Waals surface area contributed by atoms with Crippen molar-refractivity contribution in [3.63, 3.8) is 0 Å². The van der Waals surface area contributed by atoms with Crippen molar-refractivity contribution in [3.8, 4) is 0 Å². The predicted octanol–water partition coefficient (Wildman–Crippen LogP) is 1.11. The Balaban J connectivity index is 3.27. The fraction of sp³-hybridized carbons (Fsp3) is 0.538. The van der Waals surface area contributed by atoms with Crippen LogP contribution in [0.4, 0.5) is 0 Å². The highest BCUT2D eigenvalue weighted by Gasteiger charge is 2.16. The molecule has 1 rings (SSSR count). The van der Waals surface area contributed by atoms with E-state index in [2.05, 4.69) is 13.8 Å². The van der Waals surface area contributed by atoms with Gasteiger partial charge in [-0.1, -0.05) is 13.8 Å².